The Hall–Kier alpha value is -2.97. The highest BCUT2D eigenvalue weighted by Crippen LogP contribution is 2.11. The number of nitrogens with one attached hydrogen (secondary N) is 2. The van der Waals surface area contributed by atoms with Crippen LogP contribution in [0.5, 0.6) is 0 Å². The minimum atomic E-state index is -1.06. The topological polar surface area (TPSA) is 128 Å². The molecule has 0 spiro atoms. The van der Waals surface area contributed by atoms with E-state index in [0.717, 1.165) is 7.11 Å². The largest absolute Gasteiger partial charge is 0.467 e. The Kier molecular flexibility index (Phi) is 5.99. The monoisotopic (exact) mass is 309 g/mol. The molecule has 2 amide bonds. The van der Waals surface area contributed by atoms with E-state index in [2.05, 4.69) is 15.4 Å². The van der Waals surface area contributed by atoms with Gasteiger partial charge in [0.2, 0.25) is 5.91 Å². The Bertz CT molecular complexity index is 584. The smallest absolute Gasteiger partial charge is 0.330 e. The highest BCUT2D eigenvalue weighted by atomic mass is 16.6. The van der Waals surface area contributed by atoms with Gasteiger partial charge < -0.3 is 15.4 Å². The van der Waals surface area contributed by atoms with Gasteiger partial charge >= 0.3 is 5.97 Å². The van der Waals surface area contributed by atoms with Gasteiger partial charge in [-0.25, -0.2) is 4.79 Å². The highest BCUT2D eigenvalue weighted by molar-refractivity contribution is 5.97. The number of esters is 1. The molecule has 9 heteroatoms. The summed E-state index contributed by atoms with van der Waals surface area (Å²) in [5.74, 6) is -1.70. The van der Waals surface area contributed by atoms with Crippen LogP contribution in [0.15, 0.2) is 24.3 Å². The SMILES string of the molecule is COC(=O)[C@@H](CNC(C)=O)NC(=O)c1ccc([N+](=O)[O-])cc1. The second-order valence-electron chi connectivity index (χ2n) is 4.29. The van der Waals surface area contributed by atoms with Crippen molar-refractivity contribution in [1.29, 1.82) is 0 Å². The molecule has 0 unspecified atom stereocenters. The van der Waals surface area contributed by atoms with Crippen LogP contribution in [-0.4, -0.2) is 42.4 Å². The van der Waals surface area contributed by atoms with Gasteiger partial charge in [0.25, 0.3) is 11.6 Å². The Morgan fingerprint density at radius 1 is 1.27 bits per heavy atom. The molecule has 1 rings (SSSR count). The van der Waals surface area contributed by atoms with E-state index in [-0.39, 0.29) is 23.7 Å². The zero-order valence-corrected chi connectivity index (χ0v) is 12.0. The molecule has 0 heterocycles. The number of benzene rings is 1. The van der Waals surface area contributed by atoms with Gasteiger partial charge in [0, 0.05) is 31.2 Å². The van der Waals surface area contributed by atoms with Gasteiger partial charge in [-0.2, -0.15) is 0 Å². The number of carbonyl (C=O) groups excluding carboxylic acids is 3. The van der Waals surface area contributed by atoms with Crippen LogP contribution in [0, 0.1) is 10.1 Å². The Balaban J connectivity index is 2.78. The number of methoxy groups -OCH3 is 1. The molecule has 2 N–H and O–H groups in total. The van der Waals surface area contributed by atoms with Gasteiger partial charge in [-0.1, -0.05) is 0 Å². The number of non-ortho nitro benzene ring substituents is 1. The van der Waals surface area contributed by atoms with E-state index >= 15 is 0 Å². The van der Waals surface area contributed by atoms with Crippen molar-refractivity contribution in [1.82, 2.24) is 10.6 Å². The van der Waals surface area contributed by atoms with Crippen molar-refractivity contribution < 1.29 is 24.0 Å². The molecule has 118 valence electrons. The first-order valence-corrected chi connectivity index (χ1v) is 6.22. The van der Waals surface area contributed by atoms with Crippen molar-refractivity contribution in [2.45, 2.75) is 13.0 Å². The van der Waals surface area contributed by atoms with Crippen molar-refractivity contribution in [3.63, 3.8) is 0 Å². The molecule has 22 heavy (non-hydrogen) atoms. The summed E-state index contributed by atoms with van der Waals surface area (Å²) < 4.78 is 4.54. The van der Waals surface area contributed by atoms with E-state index < -0.39 is 22.8 Å². The van der Waals surface area contributed by atoms with Crippen LogP contribution in [0.1, 0.15) is 17.3 Å². The normalized spacial score (nSPS) is 11.2. The molecule has 1 aromatic carbocycles. The lowest BCUT2D eigenvalue weighted by Gasteiger charge is -2.16. The van der Waals surface area contributed by atoms with E-state index in [0.29, 0.717) is 0 Å². The number of nitrogens with zero attached hydrogens (tertiary/aromatic N) is 1. The summed E-state index contributed by atoms with van der Waals surface area (Å²) in [6.07, 6.45) is 0. The van der Waals surface area contributed by atoms with Gasteiger partial charge in [-0.05, 0) is 12.1 Å². The van der Waals surface area contributed by atoms with Crippen LogP contribution in [0.2, 0.25) is 0 Å². The number of ether oxygens (including phenoxy) is 1. The Morgan fingerprint density at radius 3 is 2.32 bits per heavy atom. The van der Waals surface area contributed by atoms with E-state index in [4.69, 9.17) is 0 Å². The molecule has 0 aliphatic rings. The number of hydrogen-bond acceptors (Lipinski definition) is 6. The maximum absolute atomic E-state index is 12.0. The molecule has 0 aromatic heterocycles. The molecule has 0 bridgehead atoms. The van der Waals surface area contributed by atoms with Crippen molar-refractivity contribution in [2.24, 2.45) is 0 Å². The van der Waals surface area contributed by atoms with Gasteiger partial charge in [-0.15, -0.1) is 0 Å². The second-order valence-corrected chi connectivity index (χ2v) is 4.29. The summed E-state index contributed by atoms with van der Waals surface area (Å²) in [5, 5.41) is 15.3. The van der Waals surface area contributed by atoms with Crippen molar-refractivity contribution >= 4 is 23.5 Å². The Labute approximate surface area is 125 Å². The molecule has 9 nitrogen and oxygen atoms in total. The Morgan fingerprint density at radius 2 is 1.86 bits per heavy atom. The van der Waals surface area contributed by atoms with Crippen molar-refractivity contribution in [2.75, 3.05) is 13.7 Å². The molecule has 0 saturated heterocycles. The third-order valence-corrected chi connectivity index (χ3v) is 2.69. The van der Waals surface area contributed by atoms with E-state index in [1.807, 2.05) is 0 Å². The number of nitro groups is 1. The fourth-order valence-corrected chi connectivity index (χ4v) is 1.56. The van der Waals surface area contributed by atoms with E-state index in [1.54, 1.807) is 0 Å². The number of nitro benzene ring substituents is 1. The summed E-state index contributed by atoms with van der Waals surface area (Å²) in [6, 6.07) is 3.82. The predicted octanol–water partition coefficient (Wildman–Crippen LogP) is 0.00230. The van der Waals surface area contributed by atoms with Crippen molar-refractivity contribution in [3.05, 3.63) is 39.9 Å². The van der Waals surface area contributed by atoms with Gasteiger partial charge in [-0.3, -0.25) is 19.7 Å². The zero-order chi connectivity index (χ0) is 16.7. The molecule has 1 aromatic rings. The van der Waals surface area contributed by atoms with Crippen LogP contribution < -0.4 is 10.6 Å². The number of hydrogen-bond donors (Lipinski definition) is 2. The van der Waals surface area contributed by atoms with Crippen LogP contribution in [0.3, 0.4) is 0 Å². The molecular weight excluding hydrogens is 294 g/mol. The summed E-state index contributed by atoms with van der Waals surface area (Å²) in [4.78, 5) is 44.4. The van der Waals surface area contributed by atoms with Crippen LogP contribution in [0.25, 0.3) is 0 Å². The van der Waals surface area contributed by atoms with Gasteiger partial charge in [0.15, 0.2) is 0 Å². The van der Waals surface area contributed by atoms with E-state index in [9.17, 15) is 24.5 Å². The third-order valence-electron chi connectivity index (χ3n) is 2.69. The summed E-state index contributed by atoms with van der Waals surface area (Å²) in [7, 11) is 1.15. The molecule has 1 atom stereocenters. The molecule has 0 saturated carbocycles. The molecular formula is C13H15N3O6. The molecule has 0 radical (unpaired) electrons. The number of carbonyl (C=O) groups is 3. The first-order chi connectivity index (χ1) is 10.3. The predicted molar refractivity (Wildman–Crippen MR) is 75.1 cm³/mol. The molecule has 0 fully saturated rings. The van der Waals surface area contributed by atoms with Gasteiger partial charge in [0.05, 0.1) is 12.0 Å². The minimum absolute atomic E-state index is 0.124. The zero-order valence-electron chi connectivity index (χ0n) is 12.0. The van der Waals surface area contributed by atoms with Gasteiger partial charge in [0.1, 0.15) is 6.04 Å². The quantitative estimate of drug-likeness (QED) is 0.432. The maximum Gasteiger partial charge on any atom is 0.330 e. The fraction of sp³-hybridized carbons (Fsp3) is 0.308. The standard InChI is InChI=1S/C13H15N3O6/c1-8(17)14-7-11(13(19)22-2)15-12(18)9-3-5-10(6-4-9)16(20)21/h3-6,11H,7H2,1-2H3,(H,14,17)(H,15,18)/t11-/m1/s1. The first kappa shape index (κ1) is 17.1. The fourth-order valence-electron chi connectivity index (χ4n) is 1.56. The maximum atomic E-state index is 12.0. The number of amides is 2. The number of rotatable bonds is 6. The summed E-state index contributed by atoms with van der Waals surface area (Å²) in [6.45, 7) is 1.15. The molecule has 0 aliphatic heterocycles. The summed E-state index contributed by atoms with van der Waals surface area (Å²) >= 11 is 0. The lowest BCUT2D eigenvalue weighted by Crippen LogP contribution is -2.48. The van der Waals surface area contributed by atoms with Crippen LogP contribution in [0.4, 0.5) is 5.69 Å². The average Bonchev–Trinajstić information content (AvgIpc) is 2.50. The van der Waals surface area contributed by atoms with Crippen molar-refractivity contribution in [3.8, 4) is 0 Å². The average molecular weight is 309 g/mol. The van der Waals surface area contributed by atoms with Crippen LogP contribution in [-0.2, 0) is 14.3 Å². The third kappa shape index (κ3) is 4.85. The minimum Gasteiger partial charge on any atom is -0.467 e. The summed E-state index contributed by atoms with van der Waals surface area (Å²) in [5.41, 5.74) is -0.0124. The lowest BCUT2D eigenvalue weighted by molar-refractivity contribution is -0.384. The lowest BCUT2D eigenvalue weighted by atomic mass is 10.1. The van der Waals surface area contributed by atoms with Crippen LogP contribution >= 0.6 is 0 Å². The first-order valence-electron chi connectivity index (χ1n) is 6.22. The second kappa shape index (κ2) is 7.72. The highest BCUT2D eigenvalue weighted by Gasteiger charge is 2.22. The van der Waals surface area contributed by atoms with E-state index in [1.165, 1.54) is 31.2 Å². The molecule has 0 aliphatic carbocycles.